The highest BCUT2D eigenvalue weighted by Crippen LogP contribution is 2.14. The van der Waals surface area contributed by atoms with Gasteiger partial charge < -0.3 is 5.73 Å². The van der Waals surface area contributed by atoms with Gasteiger partial charge in [-0.3, -0.25) is 0 Å². The Morgan fingerprint density at radius 1 is 1.67 bits per heavy atom. The number of pyridine rings is 1. The van der Waals surface area contributed by atoms with Gasteiger partial charge in [0.15, 0.2) is 0 Å². The van der Waals surface area contributed by atoms with Crippen molar-refractivity contribution in [1.82, 2.24) is 4.98 Å². The second-order valence-corrected chi connectivity index (χ2v) is 3.15. The van der Waals surface area contributed by atoms with Crippen molar-refractivity contribution in [3.05, 3.63) is 23.9 Å². The quantitative estimate of drug-likeness (QED) is 0.707. The van der Waals surface area contributed by atoms with Crippen LogP contribution in [0.3, 0.4) is 0 Å². The average molecular weight is 179 g/mol. The van der Waals surface area contributed by atoms with E-state index in [1.54, 1.807) is 6.20 Å². The Labute approximate surface area is 75.6 Å². The van der Waals surface area contributed by atoms with E-state index in [1.807, 2.05) is 18.2 Å². The van der Waals surface area contributed by atoms with Crippen LogP contribution in [0, 0.1) is 11.3 Å². The minimum Gasteiger partial charge on any atom is -0.326 e. The number of rotatable bonds is 3. The van der Waals surface area contributed by atoms with Crippen molar-refractivity contribution in [2.24, 2.45) is 5.73 Å². The molecule has 62 valence electrons. The summed E-state index contributed by atoms with van der Waals surface area (Å²) >= 11 is 1.42. The van der Waals surface area contributed by atoms with Crippen LogP contribution in [0.4, 0.5) is 0 Å². The fraction of sp³-hybridized carbons (Fsp3) is 0.250. The van der Waals surface area contributed by atoms with Gasteiger partial charge in [-0.15, -0.1) is 0 Å². The van der Waals surface area contributed by atoms with Crippen LogP contribution in [-0.2, 0) is 6.54 Å². The second kappa shape index (κ2) is 4.75. The van der Waals surface area contributed by atoms with Gasteiger partial charge in [-0.05, 0) is 17.7 Å². The number of nitriles is 1. The normalized spacial score (nSPS) is 9.33. The first-order valence-corrected chi connectivity index (χ1v) is 4.50. The zero-order valence-electron chi connectivity index (χ0n) is 6.53. The molecule has 0 amide bonds. The van der Waals surface area contributed by atoms with Crippen LogP contribution >= 0.6 is 11.8 Å². The Balaban J connectivity index is 2.67. The summed E-state index contributed by atoms with van der Waals surface area (Å²) in [5, 5.41) is 9.19. The van der Waals surface area contributed by atoms with Crippen LogP contribution in [0.2, 0.25) is 0 Å². The van der Waals surface area contributed by atoms with Crippen LogP contribution in [0.1, 0.15) is 5.56 Å². The van der Waals surface area contributed by atoms with Gasteiger partial charge >= 0.3 is 0 Å². The molecular weight excluding hydrogens is 170 g/mol. The summed E-state index contributed by atoms with van der Waals surface area (Å²) in [7, 11) is 0. The highest BCUT2D eigenvalue weighted by atomic mass is 32.2. The largest absolute Gasteiger partial charge is 0.326 e. The molecule has 2 N–H and O–H groups in total. The third-order valence-corrected chi connectivity index (χ3v) is 2.11. The van der Waals surface area contributed by atoms with Crippen molar-refractivity contribution in [2.45, 2.75) is 11.6 Å². The SMILES string of the molecule is N#CCSc1cc(CN)ccn1. The van der Waals surface area contributed by atoms with Gasteiger partial charge in [-0.25, -0.2) is 4.98 Å². The Morgan fingerprint density at radius 2 is 2.50 bits per heavy atom. The van der Waals surface area contributed by atoms with Crippen LogP contribution in [-0.4, -0.2) is 10.7 Å². The number of aromatic nitrogens is 1. The van der Waals surface area contributed by atoms with E-state index in [2.05, 4.69) is 4.98 Å². The molecule has 0 unspecified atom stereocenters. The van der Waals surface area contributed by atoms with Crippen LogP contribution in [0.15, 0.2) is 23.4 Å². The average Bonchev–Trinajstić information content (AvgIpc) is 2.15. The molecule has 0 bridgehead atoms. The molecule has 0 saturated carbocycles. The third-order valence-electron chi connectivity index (χ3n) is 1.32. The topological polar surface area (TPSA) is 62.7 Å². The van der Waals surface area contributed by atoms with E-state index >= 15 is 0 Å². The van der Waals surface area contributed by atoms with E-state index in [4.69, 9.17) is 11.0 Å². The number of thioether (sulfide) groups is 1. The van der Waals surface area contributed by atoms with Gasteiger partial charge in [-0.2, -0.15) is 5.26 Å². The Hall–Kier alpha value is -1.05. The van der Waals surface area contributed by atoms with Gasteiger partial charge in [0.1, 0.15) is 0 Å². The molecule has 0 radical (unpaired) electrons. The summed E-state index contributed by atoms with van der Waals surface area (Å²) in [6, 6.07) is 5.82. The lowest BCUT2D eigenvalue weighted by Crippen LogP contribution is -1.96. The number of hydrogen-bond acceptors (Lipinski definition) is 4. The molecule has 3 nitrogen and oxygen atoms in total. The van der Waals surface area contributed by atoms with Crippen molar-refractivity contribution in [3.8, 4) is 6.07 Å². The monoisotopic (exact) mass is 179 g/mol. The smallest absolute Gasteiger partial charge is 0.0973 e. The molecule has 0 aliphatic rings. The van der Waals surface area contributed by atoms with Gasteiger partial charge in [0.05, 0.1) is 16.8 Å². The molecule has 1 aromatic heterocycles. The second-order valence-electron chi connectivity index (χ2n) is 2.15. The van der Waals surface area contributed by atoms with E-state index < -0.39 is 0 Å². The molecule has 0 aromatic carbocycles. The highest BCUT2D eigenvalue weighted by Gasteiger charge is 1.95. The predicted octanol–water partition coefficient (Wildman–Crippen LogP) is 1.16. The molecular formula is C8H9N3S. The van der Waals surface area contributed by atoms with E-state index in [-0.39, 0.29) is 0 Å². The minimum absolute atomic E-state index is 0.432. The van der Waals surface area contributed by atoms with Crippen LogP contribution < -0.4 is 5.73 Å². The zero-order valence-corrected chi connectivity index (χ0v) is 7.34. The van der Waals surface area contributed by atoms with E-state index in [0.717, 1.165) is 10.6 Å². The van der Waals surface area contributed by atoms with Crippen molar-refractivity contribution in [1.29, 1.82) is 5.26 Å². The standard InChI is InChI=1S/C8H9N3S/c9-2-4-12-8-5-7(6-10)1-3-11-8/h1,3,5H,4,6,10H2. The fourth-order valence-corrected chi connectivity index (χ4v) is 1.35. The molecule has 12 heavy (non-hydrogen) atoms. The highest BCUT2D eigenvalue weighted by molar-refractivity contribution is 7.99. The first-order valence-electron chi connectivity index (χ1n) is 3.51. The maximum atomic E-state index is 8.33. The molecule has 0 saturated heterocycles. The molecule has 1 heterocycles. The number of hydrogen-bond donors (Lipinski definition) is 1. The van der Waals surface area contributed by atoms with Crippen molar-refractivity contribution in [2.75, 3.05) is 5.75 Å². The maximum Gasteiger partial charge on any atom is 0.0973 e. The first-order chi connectivity index (χ1) is 5.86. The molecule has 0 aliphatic heterocycles. The van der Waals surface area contributed by atoms with Crippen molar-refractivity contribution < 1.29 is 0 Å². The molecule has 1 aromatic rings. The first kappa shape index (κ1) is 9.04. The van der Waals surface area contributed by atoms with Gasteiger partial charge in [0.25, 0.3) is 0 Å². The van der Waals surface area contributed by atoms with Gasteiger partial charge in [0.2, 0.25) is 0 Å². The van der Waals surface area contributed by atoms with Gasteiger partial charge in [-0.1, -0.05) is 11.8 Å². The van der Waals surface area contributed by atoms with Crippen LogP contribution in [0.5, 0.6) is 0 Å². The maximum absolute atomic E-state index is 8.33. The lowest BCUT2D eigenvalue weighted by molar-refractivity contribution is 1.02. The molecule has 0 atom stereocenters. The van der Waals surface area contributed by atoms with E-state index in [1.165, 1.54) is 11.8 Å². The minimum atomic E-state index is 0.432. The fourth-order valence-electron chi connectivity index (χ4n) is 0.763. The Kier molecular flexibility index (Phi) is 3.58. The molecule has 4 heteroatoms. The molecule has 0 aliphatic carbocycles. The number of nitrogens with two attached hydrogens (primary N) is 1. The number of nitrogens with zero attached hydrogens (tertiary/aromatic N) is 2. The summed E-state index contributed by atoms with van der Waals surface area (Å²) in [4.78, 5) is 4.08. The van der Waals surface area contributed by atoms with E-state index in [0.29, 0.717) is 12.3 Å². The summed E-state index contributed by atoms with van der Waals surface area (Å²) < 4.78 is 0. The lowest BCUT2D eigenvalue weighted by Gasteiger charge is -1.98. The van der Waals surface area contributed by atoms with Crippen LogP contribution in [0.25, 0.3) is 0 Å². The lowest BCUT2D eigenvalue weighted by atomic mass is 10.3. The summed E-state index contributed by atoms with van der Waals surface area (Å²) in [6.45, 7) is 0.517. The van der Waals surface area contributed by atoms with E-state index in [9.17, 15) is 0 Å². The predicted molar refractivity (Wildman–Crippen MR) is 48.5 cm³/mol. The summed E-state index contributed by atoms with van der Waals surface area (Å²) in [5.41, 5.74) is 6.49. The third kappa shape index (κ3) is 2.53. The zero-order chi connectivity index (χ0) is 8.81. The molecule has 1 rings (SSSR count). The molecule has 0 spiro atoms. The van der Waals surface area contributed by atoms with Crippen molar-refractivity contribution >= 4 is 11.8 Å². The Bertz CT molecular complexity index is 293. The summed E-state index contributed by atoms with van der Waals surface area (Å²) in [5.74, 6) is 0.432. The van der Waals surface area contributed by atoms with Gasteiger partial charge in [0, 0.05) is 12.7 Å². The Morgan fingerprint density at radius 3 is 3.17 bits per heavy atom. The summed E-state index contributed by atoms with van der Waals surface area (Å²) in [6.07, 6.45) is 1.71. The van der Waals surface area contributed by atoms with Crippen molar-refractivity contribution in [3.63, 3.8) is 0 Å². The molecule has 0 fully saturated rings.